The van der Waals surface area contributed by atoms with Gasteiger partial charge in [-0.3, -0.25) is 0 Å². The molecule has 0 heterocycles. The first-order chi connectivity index (χ1) is 27.5. The quantitative estimate of drug-likeness (QED) is 0.0937. The van der Waals surface area contributed by atoms with Gasteiger partial charge in [-0.2, -0.15) is 13.2 Å². The highest BCUT2D eigenvalue weighted by atomic mass is 19.4. The van der Waals surface area contributed by atoms with Crippen LogP contribution in [0.1, 0.15) is 65.0 Å². The molecule has 0 aromatic heterocycles. The van der Waals surface area contributed by atoms with Crippen molar-refractivity contribution >= 4 is 75.4 Å². The molecule has 0 aliphatic heterocycles. The van der Waals surface area contributed by atoms with Crippen LogP contribution in [0.3, 0.4) is 0 Å². The summed E-state index contributed by atoms with van der Waals surface area (Å²) in [6.07, 6.45) is -2.40. The predicted octanol–water partition coefficient (Wildman–Crippen LogP) is 15.5. The lowest BCUT2D eigenvalue weighted by molar-refractivity contribution is -0.151. The van der Waals surface area contributed by atoms with Gasteiger partial charge in [0.2, 0.25) is 0 Å². The summed E-state index contributed by atoms with van der Waals surface area (Å²) < 4.78 is 79.2. The van der Waals surface area contributed by atoms with Gasteiger partial charge in [0.1, 0.15) is 11.6 Å². The first-order valence-electron chi connectivity index (χ1n) is 19.9. The molecular weight excluding hydrogens is 720 g/mol. The van der Waals surface area contributed by atoms with E-state index < -0.39 is 23.7 Å². The molecule has 0 nitrogen and oxygen atoms in total. The minimum absolute atomic E-state index is 0.0667. The van der Waals surface area contributed by atoms with Gasteiger partial charge < -0.3 is 0 Å². The van der Waals surface area contributed by atoms with Crippen molar-refractivity contribution in [3.63, 3.8) is 0 Å². The van der Waals surface area contributed by atoms with Crippen molar-refractivity contribution in [1.82, 2.24) is 0 Å². The summed E-state index contributed by atoms with van der Waals surface area (Å²) in [6.45, 7) is 6.32. The molecule has 12 rings (SSSR count). The molecule has 0 saturated carbocycles. The molecule has 0 bridgehead atoms. The number of fused-ring (bicyclic) bond motifs is 4. The predicted molar refractivity (Wildman–Crippen MR) is 225 cm³/mol. The third kappa shape index (κ3) is 4.32. The number of benzene rings is 10. The number of aryl methyl sites for hydroxylation is 4. The van der Waals surface area contributed by atoms with Gasteiger partial charge in [0.05, 0.1) is 5.92 Å². The molecule has 10 aromatic carbocycles. The summed E-state index contributed by atoms with van der Waals surface area (Å²) in [7, 11) is 0. The summed E-state index contributed by atoms with van der Waals surface area (Å²) in [4.78, 5) is 0. The number of halogens is 5. The molecular formula is C52H35F5. The van der Waals surface area contributed by atoms with Crippen LogP contribution in [0, 0.1) is 25.5 Å². The number of hydrogen-bond donors (Lipinski definition) is 0. The minimum atomic E-state index is -4.45. The van der Waals surface area contributed by atoms with Gasteiger partial charge in [0.15, 0.2) is 0 Å². The van der Waals surface area contributed by atoms with Crippen molar-refractivity contribution in [2.75, 3.05) is 0 Å². The Morgan fingerprint density at radius 3 is 1.39 bits per heavy atom. The van der Waals surface area contributed by atoms with E-state index in [0.717, 1.165) is 73.3 Å². The van der Waals surface area contributed by atoms with E-state index in [-0.39, 0.29) is 18.4 Å². The highest BCUT2D eigenvalue weighted by molar-refractivity contribution is 6.43. The summed E-state index contributed by atoms with van der Waals surface area (Å²) in [5, 5.41) is 9.30. The topological polar surface area (TPSA) is 0 Å². The van der Waals surface area contributed by atoms with Crippen LogP contribution in [0.15, 0.2) is 97.1 Å². The van der Waals surface area contributed by atoms with Crippen molar-refractivity contribution < 1.29 is 22.0 Å². The molecule has 5 heteroatoms. The van der Waals surface area contributed by atoms with E-state index in [1.807, 2.05) is 37.3 Å². The Kier molecular flexibility index (Phi) is 6.54. The Morgan fingerprint density at radius 2 is 0.895 bits per heavy atom. The zero-order chi connectivity index (χ0) is 38.8. The molecule has 0 N–H and O–H groups in total. The van der Waals surface area contributed by atoms with Crippen molar-refractivity contribution in [3.8, 4) is 22.3 Å². The van der Waals surface area contributed by atoms with E-state index in [1.165, 1.54) is 17.2 Å². The summed E-state index contributed by atoms with van der Waals surface area (Å²) in [5.74, 6) is -2.22. The Hall–Kier alpha value is -5.81. The first kappa shape index (κ1) is 33.3. The molecule has 10 aromatic rings. The van der Waals surface area contributed by atoms with E-state index in [0.29, 0.717) is 59.8 Å². The van der Waals surface area contributed by atoms with E-state index in [4.69, 9.17) is 0 Å². The molecule has 2 atom stereocenters. The van der Waals surface area contributed by atoms with Crippen LogP contribution in [0.2, 0.25) is 0 Å². The Balaban J connectivity index is 1.31. The number of rotatable bonds is 2. The Bertz CT molecular complexity index is 3370. The molecule has 0 amide bonds. The maximum Gasteiger partial charge on any atom is 0.395 e. The standard InChI is InChI=1S/C52H35F5/c1-24-4-9-27(10-5-24)35-20-37-39-22-43(54)49-34-17-15-32-41(52(55,56)57)19-18-31-36(28-11-6-25(2)7-12-28)21-38(47(34)45(31)32)40-23-42(53)48(50(39)51(40)49)33-16-14-29-26(3)8-13-30(35)44(29)46(33)37/h4-7,9-12,14-17,20-23,26,41H,8,13,18-19H2,1-3H3. The monoisotopic (exact) mass is 754 g/mol. The van der Waals surface area contributed by atoms with Crippen LogP contribution < -0.4 is 0 Å². The first-order valence-corrected chi connectivity index (χ1v) is 19.9. The largest absolute Gasteiger partial charge is 0.395 e. The van der Waals surface area contributed by atoms with Gasteiger partial charge in [0.25, 0.3) is 0 Å². The highest BCUT2D eigenvalue weighted by Gasteiger charge is 2.44. The molecule has 2 unspecified atom stereocenters. The molecule has 2 aliphatic carbocycles. The second kappa shape index (κ2) is 11.2. The number of hydrogen-bond acceptors (Lipinski definition) is 0. The Morgan fingerprint density at radius 1 is 0.456 bits per heavy atom. The van der Waals surface area contributed by atoms with Gasteiger partial charge in [-0.1, -0.05) is 90.8 Å². The molecule has 278 valence electrons. The third-order valence-electron chi connectivity index (χ3n) is 13.8. The van der Waals surface area contributed by atoms with Crippen LogP contribution in [-0.2, 0) is 12.8 Å². The molecule has 0 spiro atoms. The van der Waals surface area contributed by atoms with E-state index in [9.17, 15) is 13.2 Å². The maximum atomic E-state index is 17.5. The van der Waals surface area contributed by atoms with Crippen molar-refractivity contribution in [3.05, 3.63) is 142 Å². The van der Waals surface area contributed by atoms with Crippen molar-refractivity contribution in [2.24, 2.45) is 0 Å². The Labute approximate surface area is 325 Å². The summed E-state index contributed by atoms with van der Waals surface area (Å²) in [6, 6.07) is 31.4. The second-order valence-corrected chi connectivity index (χ2v) is 16.9. The molecule has 57 heavy (non-hydrogen) atoms. The average molecular weight is 755 g/mol. The van der Waals surface area contributed by atoms with E-state index >= 15 is 8.78 Å². The lowest BCUT2D eigenvalue weighted by Crippen LogP contribution is -2.24. The maximum absolute atomic E-state index is 17.5. The average Bonchev–Trinajstić information content (AvgIpc) is 3.19. The zero-order valence-electron chi connectivity index (χ0n) is 31.6. The smallest absolute Gasteiger partial charge is 0.206 e. The summed E-state index contributed by atoms with van der Waals surface area (Å²) in [5.41, 5.74) is 9.68. The fourth-order valence-corrected chi connectivity index (χ4v) is 11.2. The van der Waals surface area contributed by atoms with Crippen molar-refractivity contribution in [2.45, 2.75) is 64.5 Å². The fourth-order valence-electron chi connectivity index (χ4n) is 11.2. The lowest BCUT2D eigenvalue weighted by Gasteiger charge is -2.31. The minimum Gasteiger partial charge on any atom is -0.206 e. The van der Waals surface area contributed by atoms with Gasteiger partial charge >= 0.3 is 6.18 Å². The summed E-state index contributed by atoms with van der Waals surface area (Å²) >= 11 is 0. The molecule has 0 radical (unpaired) electrons. The highest BCUT2D eigenvalue weighted by Crippen LogP contribution is 2.56. The van der Waals surface area contributed by atoms with Crippen LogP contribution >= 0.6 is 0 Å². The molecule has 0 saturated heterocycles. The van der Waals surface area contributed by atoms with E-state index in [2.05, 4.69) is 56.3 Å². The van der Waals surface area contributed by atoms with Gasteiger partial charge in [-0.15, -0.1) is 0 Å². The van der Waals surface area contributed by atoms with E-state index in [1.54, 1.807) is 18.2 Å². The molecule has 0 fully saturated rings. The lowest BCUT2D eigenvalue weighted by atomic mass is 9.74. The normalized spacial score (nSPS) is 17.2. The van der Waals surface area contributed by atoms with Crippen LogP contribution in [-0.4, -0.2) is 6.18 Å². The van der Waals surface area contributed by atoms with Crippen LogP contribution in [0.25, 0.3) is 97.7 Å². The zero-order valence-corrected chi connectivity index (χ0v) is 31.6. The van der Waals surface area contributed by atoms with Gasteiger partial charge in [0, 0.05) is 21.5 Å². The van der Waals surface area contributed by atoms with Crippen LogP contribution in [0.5, 0.6) is 0 Å². The second-order valence-electron chi connectivity index (χ2n) is 16.9. The number of alkyl halides is 3. The van der Waals surface area contributed by atoms with Crippen molar-refractivity contribution in [1.29, 1.82) is 0 Å². The molecule has 2 aliphatic rings. The van der Waals surface area contributed by atoms with Gasteiger partial charge in [-0.25, -0.2) is 8.78 Å². The van der Waals surface area contributed by atoms with Gasteiger partial charge in [-0.05, 0) is 168 Å². The SMILES string of the molecule is Cc1ccc(-c2cc3c4cc(F)c5c6ccc7c8c(c(-c9ccc(C)cc9)cc(c9cc(F)c(c%10ccc%11c(c2CCC%11C)c3%10)c4c95)c86)CCC7C(F)(F)F)cc1. The van der Waals surface area contributed by atoms with Crippen LogP contribution in [0.4, 0.5) is 22.0 Å². The third-order valence-corrected chi connectivity index (χ3v) is 13.8. The fraction of sp³-hybridized carbons (Fsp3) is 0.192.